The van der Waals surface area contributed by atoms with E-state index < -0.39 is 4.92 Å². The normalized spacial score (nSPS) is 23.0. The van der Waals surface area contributed by atoms with Gasteiger partial charge in [0, 0.05) is 30.6 Å². The molecular weight excluding hydrogens is 447 g/mol. The summed E-state index contributed by atoms with van der Waals surface area (Å²) < 4.78 is 0. The molecule has 0 aliphatic heterocycles. The second-order valence-electron chi connectivity index (χ2n) is 6.89. The van der Waals surface area contributed by atoms with Gasteiger partial charge in [0.2, 0.25) is 0 Å². The first-order valence-corrected chi connectivity index (χ1v) is 8.88. The highest BCUT2D eigenvalue weighted by molar-refractivity contribution is 14.0. The van der Waals surface area contributed by atoms with Gasteiger partial charge in [-0.3, -0.25) is 10.1 Å². The van der Waals surface area contributed by atoms with Crippen LogP contribution in [0.15, 0.2) is 29.3 Å². The third-order valence-corrected chi connectivity index (χ3v) is 4.82. The molecule has 0 radical (unpaired) electrons. The Kier molecular flexibility index (Phi) is 9.28. The fourth-order valence-electron chi connectivity index (χ4n) is 3.15. The zero-order valence-electron chi connectivity index (χ0n) is 15.4. The summed E-state index contributed by atoms with van der Waals surface area (Å²) in [5.74, 6) is 0.660. The summed E-state index contributed by atoms with van der Waals surface area (Å²) in [5, 5.41) is 27.7. The number of nitro benzene ring substituents is 1. The van der Waals surface area contributed by atoms with E-state index in [0.717, 1.165) is 37.8 Å². The van der Waals surface area contributed by atoms with Crippen LogP contribution >= 0.6 is 24.0 Å². The Bertz CT molecular complexity index is 626. The third-order valence-electron chi connectivity index (χ3n) is 4.82. The van der Waals surface area contributed by atoms with E-state index >= 15 is 0 Å². The van der Waals surface area contributed by atoms with E-state index in [4.69, 9.17) is 0 Å². The van der Waals surface area contributed by atoms with Gasteiger partial charge in [0.15, 0.2) is 5.96 Å². The van der Waals surface area contributed by atoms with Crippen molar-refractivity contribution in [3.63, 3.8) is 0 Å². The Morgan fingerprint density at radius 1 is 1.42 bits per heavy atom. The van der Waals surface area contributed by atoms with Crippen LogP contribution in [0.1, 0.15) is 45.1 Å². The van der Waals surface area contributed by atoms with Gasteiger partial charge in [0.25, 0.3) is 5.69 Å². The minimum Gasteiger partial charge on any atom is -0.392 e. The molecule has 1 aliphatic carbocycles. The molecule has 0 amide bonds. The monoisotopic (exact) mass is 476 g/mol. The predicted octanol–water partition coefficient (Wildman–Crippen LogP) is 3.21. The van der Waals surface area contributed by atoms with Crippen LogP contribution in [0.5, 0.6) is 0 Å². The first kappa shape index (κ1) is 22.6. The average molecular weight is 476 g/mol. The number of hydrogen-bond acceptors (Lipinski definition) is 4. The lowest BCUT2D eigenvalue weighted by atomic mass is 9.73. The summed E-state index contributed by atoms with van der Waals surface area (Å²) in [7, 11) is 0. The molecule has 3 N–H and O–H groups in total. The SMILES string of the molecule is CCNC(=NCc1cccc([N+](=O)[O-])c1)NCC1(C)CCCCC1O.I. The Balaban J connectivity index is 0.00000338. The van der Waals surface area contributed by atoms with Gasteiger partial charge in [-0.25, -0.2) is 4.99 Å². The molecule has 2 atom stereocenters. The molecule has 0 heterocycles. The molecule has 1 aliphatic rings. The van der Waals surface area contributed by atoms with Gasteiger partial charge in [-0.05, 0) is 25.3 Å². The van der Waals surface area contributed by atoms with Gasteiger partial charge in [0.05, 0.1) is 17.6 Å². The maximum absolute atomic E-state index is 10.9. The van der Waals surface area contributed by atoms with Crippen molar-refractivity contribution in [3.8, 4) is 0 Å². The van der Waals surface area contributed by atoms with Crippen LogP contribution in [0.3, 0.4) is 0 Å². The van der Waals surface area contributed by atoms with Crippen LogP contribution in [0.2, 0.25) is 0 Å². The number of halogens is 1. The lowest BCUT2D eigenvalue weighted by Gasteiger charge is -2.38. The predicted molar refractivity (Wildman–Crippen MR) is 114 cm³/mol. The van der Waals surface area contributed by atoms with Gasteiger partial charge in [-0.1, -0.05) is 31.9 Å². The first-order valence-electron chi connectivity index (χ1n) is 8.88. The highest BCUT2D eigenvalue weighted by Crippen LogP contribution is 2.35. The smallest absolute Gasteiger partial charge is 0.269 e. The Labute approximate surface area is 171 Å². The molecule has 7 nitrogen and oxygen atoms in total. The third kappa shape index (κ3) is 6.39. The molecule has 0 aromatic heterocycles. The molecule has 26 heavy (non-hydrogen) atoms. The van der Waals surface area contributed by atoms with Crippen molar-refractivity contribution in [1.29, 1.82) is 0 Å². The Morgan fingerprint density at radius 2 is 2.19 bits per heavy atom. The van der Waals surface area contributed by atoms with Crippen LogP contribution in [0.4, 0.5) is 5.69 Å². The van der Waals surface area contributed by atoms with Crippen molar-refractivity contribution in [3.05, 3.63) is 39.9 Å². The number of nitro groups is 1. The van der Waals surface area contributed by atoms with E-state index in [-0.39, 0.29) is 41.2 Å². The summed E-state index contributed by atoms with van der Waals surface area (Å²) in [6.07, 6.45) is 3.76. The quantitative estimate of drug-likeness (QED) is 0.193. The molecule has 0 bridgehead atoms. The lowest BCUT2D eigenvalue weighted by Crippen LogP contribution is -2.48. The molecule has 0 saturated heterocycles. The number of aliphatic hydroxyl groups excluding tert-OH is 1. The van der Waals surface area contributed by atoms with Gasteiger partial charge >= 0.3 is 0 Å². The van der Waals surface area contributed by atoms with Crippen LogP contribution in [0, 0.1) is 15.5 Å². The van der Waals surface area contributed by atoms with Gasteiger partial charge < -0.3 is 15.7 Å². The molecule has 8 heteroatoms. The number of rotatable bonds is 6. The molecule has 0 spiro atoms. The number of nitrogens with zero attached hydrogens (tertiary/aromatic N) is 2. The van der Waals surface area contributed by atoms with E-state index in [1.165, 1.54) is 6.07 Å². The van der Waals surface area contributed by atoms with Crippen molar-refractivity contribution in [2.75, 3.05) is 13.1 Å². The van der Waals surface area contributed by atoms with Crippen molar-refractivity contribution in [2.45, 2.75) is 52.2 Å². The maximum Gasteiger partial charge on any atom is 0.269 e. The number of aliphatic imine (C=N–C) groups is 1. The van der Waals surface area contributed by atoms with Crippen LogP contribution in [0.25, 0.3) is 0 Å². The van der Waals surface area contributed by atoms with Gasteiger partial charge in [-0.2, -0.15) is 0 Å². The lowest BCUT2D eigenvalue weighted by molar-refractivity contribution is -0.384. The van der Waals surface area contributed by atoms with E-state index in [1.807, 2.05) is 13.0 Å². The molecule has 1 aromatic rings. The second-order valence-corrected chi connectivity index (χ2v) is 6.89. The molecule has 1 saturated carbocycles. The van der Waals surface area contributed by atoms with Crippen molar-refractivity contribution >= 4 is 35.6 Å². The fraction of sp³-hybridized carbons (Fsp3) is 0.611. The van der Waals surface area contributed by atoms with E-state index in [0.29, 0.717) is 19.0 Å². The van der Waals surface area contributed by atoms with Crippen LogP contribution in [-0.2, 0) is 6.54 Å². The van der Waals surface area contributed by atoms with E-state index in [9.17, 15) is 15.2 Å². The zero-order chi connectivity index (χ0) is 18.3. The molecule has 1 aromatic carbocycles. The maximum atomic E-state index is 10.9. The highest BCUT2D eigenvalue weighted by atomic mass is 127. The standard InChI is InChI=1S/C18H28N4O3.HI/c1-3-19-17(21-13-18(2)10-5-4-9-16(18)23)20-12-14-7-6-8-15(11-14)22(24)25;/h6-8,11,16,23H,3-5,9-10,12-13H2,1-2H3,(H2,19,20,21);1H. The van der Waals surface area contributed by atoms with Gasteiger partial charge in [-0.15, -0.1) is 24.0 Å². The summed E-state index contributed by atoms with van der Waals surface area (Å²) >= 11 is 0. The zero-order valence-corrected chi connectivity index (χ0v) is 17.7. The Morgan fingerprint density at radius 3 is 2.85 bits per heavy atom. The molecule has 2 rings (SSSR count). The molecule has 2 unspecified atom stereocenters. The van der Waals surface area contributed by atoms with E-state index in [2.05, 4.69) is 22.5 Å². The summed E-state index contributed by atoms with van der Waals surface area (Å²) in [4.78, 5) is 15.0. The summed E-state index contributed by atoms with van der Waals surface area (Å²) in [5.41, 5.74) is 0.707. The number of hydrogen-bond donors (Lipinski definition) is 3. The summed E-state index contributed by atoms with van der Waals surface area (Å²) in [6, 6.07) is 6.51. The fourth-order valence-corrected chi connectivity index (χ4v) is 3.15. The first-order chi connectivity index (χ1) is 11.9. The molecule has 146 valence electrons. The highest BCUT2D eigenvalue weighted by Gasteiger charge is 2.35. The topological polar surface area (TPSA) is 99.8 Å². The minimum atomic E-state index is -0.401. The van der Waals surface area contributed by atoms with Crippen molar-refractivity contribution in [2.24, 2.45) is 10.4 Å². The second kappa shape index (κ2) is 10.7. The number of non-ortho nitro benzene ring substituents is 1. The Hall–Kier alpha value is -1.42. The number of nitrogens with one attached hydrogen (secondary N) is 2. The van der Waals surface area contributed by atoms with E-state index in [1.54, 1.807) is 12.1 Å². The number of aliphatic hydroxyl groups is 1. The van der Waals surface area contributed by atoms with Crippen LogP contribution < -0.4 is 10.6 Å². The van der Waals surface area contributed by atoms with Gasteiger partial charge in [0.1, 0.15) is 0 Å². The number of guanidine groups is 1. The van der Waals surface area contributed by atoms with Crippen LogP contribution in [-0.4, -0.2) is 35.2 Å². The average Bonchev–Trinajstić information content (AvgIpc) is 2.60. The largest absolute Gasteiger partial charge is 0.392 e. The summed E-state index contributed by atoms with van der Waals surface area (Å²) in [6.45, 7) is 5.82. The molecular formula is C18H29IN4O3. The molecule has 1 fully saturated rings. The number of benzene rings is 1. The minimum absolute atomic E-state index is 0. The van der Waals surface area contributed by atoms with Crippen molar-refractivity contribution < 1.29 is 10.0 Å². The van der Waals surface area contributed by atoms with Crippen molar-refractivity contribution in [1.82, 2.24) is 10.6 Å².